The van der Waals surface area contributed by atoms with Crippen molar-refractivity contribution in [1.29, 1.82) is 0 Å². The minimum atomic E-state index is -4.81. The number of benzene rings is 1. The number of hydrogen-bond donors (Lipinski definition) is 0. The molecule has 1 heterocycles. The summed E-state index contributed by atoms with van der Waals surface area (Å²) >= 11 is 11.6. The van der Waals surface area contributed by atoms with Crippen LogP contribution in [0.4, 0.5) is 13.2 Å². The molecule has 0 saturated carbocycles. The van der Waals surface area contributed by atoms with Gasteiger partial charge in [0, 0.05) is 5.56 Å². The second-order valence-corrected chi connectivity index (χ2v) is 7.44. The van der Waals surface area contributed by atoms with Gasteiger partial charge in [-0.05, 0) is 18.2 Å². The summed E-state index contributed by atoms with van der Waals surface area (Å²) < 4.78 is 62.6. The molecule has 0 spiro atoms. The van der Waals surface area contributed by atoms with Crippen molar-refractivity contribution in [3.8, 4) is 11.3 Å². The van der Waals surface area contributed by atoms with Gasteiger partial charge in [0.05, 0.1) is 21.5 Å². The van der Waals surface area contributed by atoms with E-state index in [0.717, 1.165) is 0 Å². The summed E-state index contributed by atoms with van der Waals surface area (Å²) in [5.41, 5.74) is -1.36. The Morgan fingerprint density at radius 2 is 1.74 bits per heavy atom. The molecule has 4 nitrogen and oxygen atoms in total. The first-order valence-corrected chi connectivity index (χ1v) is 8.60. The first kappa shape index (κ1) is 18.0. The Bertz CT molecular complexity index is 855. The zero-order valence-corrected chi connectivity index (χ0v) is 13.9. The van der Waals surface area contributed by atoms with Crippen molar-refractivity contribution in [2.24, 2.45) is 0 Å². The largest absolute Gasteiger partial charge is 0.433 e. The van der Waals surface area contributed by atoms with Crippen molar-refractivity contribution in [3.63, 3.8) is 0 Å². The van der Waals surface area contributed by atoms with Gasteiger partial charge in [-0.15, -0.1) is 0 Å². The van der Waals surface area contributed by atoms with Gasteiger partial charge in [-0.3, -0.25) is 0 Å². The molecule has 23 heavy (non-hydrogen) atoms. The molecule has 0 bridgehead atoms. The minimum Gasteiger partial charge on any atom is -0.220 e. The van der Waals surface area contributed by atoms with Gasteiger partial charge >= 0.3 is 6.18 Å². The van der Waals surface area contributed by atoms with Crippen LogP contribution < -0.4 is 0 Å². The van der Waals surface area contributed by atoms with Gasteiger partial charge < -0.3 is 0 Å². The topological polar surface area (TPSA) is 59.9 Å². The van der Waals surface area contributed by atoms with Gasteiger partial charge in [0.15, 0.2) is 0 Å². The fraction of sp³-hybridized carbons (Fsp3) is 0.231. The zero-order chi connectivity index (χ0) is 17.4. The predicted octanol–water partition coefficient (Wildman–Crippen LogP) is 4.26. The minimum absolute atomic E-state index is 0.108. The summed E-state index contributed by atoms with van der Waals surface area (Å²) in [4.78, 5) is 6.86. The van der Waals surface area contributed by atoms with E-state index in [1.165, 1.54) is 25.1 Å². The molecule has 10 heteroatoms. The molecule has 0 N–H and O–H groups in total. The van der Waals surface area contributed by atoms with Crippen molar-refractivity contribution in [1.82, 2.24) is 9.97 Å². The Hall–Kier alpha value is -1.38. The number of halogens is 5. The molecule has 0 amide bonds. The molecule has 0 aliphatic heterocycles. The van der Waals surface area contributed by atoms with E-state index in [2.05, 4.69) is 9.97 Å². The SMILES string of the molecule is CCS(=O)(=O)c1nc(-c2ccc(Cl)c(Cl)c2)cc(C(F)(F)F)n1. The number of rotatable bonds is 3. The Labute approximate surface area is 140 Å². The average molecular weight is 385 g/mol. The molecule has 1 aromatic heterocycles. The molecular weight excluding hydrogens is 376 g/mol. The highest BCUT2D eigenvalue weighted by Crippen LogP contribution is 2.33. The molecule has 0 aliphatic carbocycles. The van der Waals surface area contributed by atoms with E-state index >= 15 is 0 Å². The number of nitrogens with zero attached hydrogens (tertiary/aromatic N) is 2. The molecule has 0 unspecified atom stereocenters. The summed E-state index contributed by atoms with van der Waals surface area (Å²) in [6.07, 6.45) is -4.81. The normalized spacial score (nSPS) is 12.4. The van der Waals surface area contributed by atoms with E-state index in [0.29, 0.717) is 6.07 Å². The quantitative estimate of drug-likeness (QED) is 0.741. The molecule has 1 aromatic carbocycles. The highest BCUT2D eigenvalue weighted by atomic mass is 35.5. The number of aromatic nitrogens is 2. The number of sulfone groups is 1. The van der Waals surface area contributed by atoms with Crippen molar-refractivity contribution in [2.45, 2.75) is 18.3 Å². The standard InChI is InChI=1S/C13H9Cl2F3N2O2S/c1-2-23(21,22)12-19-10(6-11(20-12)13(16,17)18)7-3-4-8(14)9(15)5-7/h3-6H,2H2,1H3. The summed E-state index contributed by atoms with van der Waals surface area (Å²) in [6.45, 7) is 1.29. The third-order valence-electron chi connectivity index (χ3n) is 2.87. The first-order chi connectivity index (χ1) is 10.5. The van der Waals surface area contributed by atoms with Crippen LogP contribution in [0.3, 0.4) is 0 Å². The van der Waals surface area contributed by atoms with Crippen molar-refractivity contribution < 1.29 is 21.6 Å². The van der Waals surface area contributed by atoms with Gasteiger partial charge in [-0.2, -0.15) is 13.2 Å². The van der Waals surface area contributed by atoms with Crippen molar-refractivity contribution in [2.75, 3.05) is 5.75 Å². The van der Waals surface area contributed by atoms with E-state index in [-0.39, 0.29) is 21.3 Å². The summed E-state index contributed by atoms with van der Waals surface area (Å²) in [5.74, 6) is -0.422. The Morgan fingerprint density at radius 3 is 2.26 bits per heavy atom. The van der Waals surface area contributed by atoms with Crippen LogP contribution >= 0.6 is 23.2 Å². The third kappa shape index (κ3) is 3.94. The highest BCUT2D eigenvalue weighted by Gasteiger charge is 2.35. The monoisotopic (exact) mass is 384 g/mol. The van der Waals surface area contributed by atoms with Crippen LogP contribution in [0.25, 0.3) is 11.3 Å². The lowest BCUT2D eigenvalue weighted by Gasteiger charge is -2.11. The molecule has 0 aliphatic rings. The summed E-state index contributed by atoms with van der Waals surface area (Å²) in [7, 11) is -4.01. The van der Waals surface area contributed by atoms with E-state index in [1.807, 2.05) is 0 Å². The lowest BCUT2D eigenvalue weighted by molar-refractivity contribution is -0.141. The molecule has 0 saturated heterocycles. The van der Waals surface area contributed by atoms with Crippen LogP contribution in [0.2, 0.25) is 10.0 Å². The van der Waals surface area contributed by atoms with Gasteiger partial charge in [0.2, 0.25) is 15.0 Å². The Balaban J connectivity index is 2.72. The van der Waals surface area contributed by atoms with Crippen LogP contribution in [0.15, 0.2) is 29.4 Å². The number of alkyl halides is 3. The smallest absolute Gasteiger partial charge is 0.220 e. The average Bonchev–Trinajstić information content (AvgIpc) is 2.48. The summed E-state index contributed by atoms with van der Waals surface area (Å²) in [6, 6.07) is 4.73. The second kappa shape index (κ2) is 6.26. The second-order valence-electron chi connectivity index (χ2n) is 4.45. The van der Waals surface area contributed by atoms with Gasteiger partial charge in [-0.1, -0.05) is 36.2 Å². The van der Waals surface area contributed by atoms with E-state index < -0.39 is 32.6 Å². The van der Waals surface area contributed by atoms with Gasteiger partial charge in [0.25, 0.3) is 0 Å². The van der Waals surface area contributed by atoms with E-state index in [1.54, 1.807) is 0 Å². The van der Waals surface area contributed by atoms with Gasteiger partial charge in [-0.25, -0.2) is 18.4 Å². The van der Waals surface area contributed by atoms with E-state index in [9.17, 15) is 21.6 Å². The van der Waals surface area contributed by atoms with Crippen LogP contribution in [0, 0.1) is 0 Å². The molecule has 2 rings (SSSR count). The fourth-order valence-corrected chi connectivity index (χ4v) is 2.67. The molecular formula is C13H9Cl2F3N2O2S. The molecule has 124 valence electrons. The van der Waals surface area contributed by atoms with Crippen LogP contribution in [0.5, 0.6) is 0 Å². The molecule has 0 fully saturated rings. The van der Waals surface area contributed by atoms with Crippen LogP contribution in [-0.4, -0.2) is 24.1 Å². The summed E-state index contributed by atoms with van der Waals surface area (Å²) in [5, 5.41) is -0.561. The number of hydrogen-bond acceptors (Lipinski definition) is 4. The Kier molecular flexibility index (Phi) is 4.89. The van der Waals surface area contributed by atoms with E-state index in [4.69, 9.17) is 23.2 Å². The van der Waals surface area contributed by atoms with Gasteiger partial charge in [0.1, 0.15) is 5.69 Å². The van der Waals surface area contributed by atoms with Crippen LogP contribution in [0.1, 0.15) is 12.6 Å². The maximum Gasteiger partial charge on any atom is 0.433 e. The van der Waals surface area contributed by atoms with Crippen LogP contribution in [-0.2, 0) is 16.0 Å². The lowest BCUT2D eigenvalue weighted by atomic mass is 10.1. The fourth-order valence-electron chi connectivity index (χ4n) is 1.64. The molecule has 2 aromatic rings. The maximum atomic E-state index is 13.0. The maximum absolute atomic E-state index is 13.0. The third-order valence-corrected chi connectivity index (χ3v) is 5.11. The van der Waals surface area contributed by atoms with Crippen molar-refractivity contribution >= 4 is 33.0 Å². The molecule has 0 radical (unpaired) electrons. The first-order valence-electron chi connectivity index (χ1n) is 6.19. The Morgan fingerprint density at radius 1 is 1.09 bits per heavy atom. The predicted molar refractivity (Wildman–Crippen MR) is 80.2 cm³/mol. The lowest BCUT2D eigenvalue weighted by Crippen LogP contribution is -2.15. The van der Waals surface area contributed by atoms with Crippen molar-refractivity contribution in [3.05, 3.63) is 40.0 Å². The molecule has 0 atom stereocenters. The zero-order valence-electron chi connectivity index (χ0n) is 11.5. The highest BCUT2D eigenvalue weighted by molar-refractivity contribution is 7.91.